The van der Waals surface area contributed by atoms with Gasteiger partial charge in [0.05, 0.1) is 4.92 Å². The largest absolute Gasteiger partial charge is 0.352 e. The molecule has 1 aromatic heterocycles. The second-order valence-corrected chi connectivity index (χ2v) is 7.90. The molecule has 0 atom stereocenters. The number of carbonyl (C=O) groups excluding carboxylic acids is 1. The lowest BCUT2D eigenvalue weighted by atomic mass is 9.96. The molecule has 1 N–H and O–H groups in total. The second kappa shape index (κ2) is 8.62. The number of nitro groups is 1. The van der Waals surface area contributed by atoms with Crippen LogP contribution in [0.25, 0.3) is 0 Å². The van der Waals surface area contributed by atoms with Crippen LogP contribution < -0.4 is 5.32 Å². The summed E-state index contributed by atoms with van der Waals surface area (Å²) >= 11 is 7.65. The van der Waals surface area contributed by atoms with E-state index in [1.54, 1.807) is 11.3 Å². The molecule has 0 bridgehead atoms. The summed E-state index contributed by atoms with van der Waals surface area (Å²) in [6, 6.07) is 8.24. The van der Waals surface area contributed by atoms with Gasteiger partial charge in [0.15, 0.2) is 0 Å². The first-order chi connectivity index (χ1) is 12.5. The molecule has 26 heavy (non-hydrogen) atoms. The number of hydrogen-bond acceptors (Lipinski definition) is 5. The molecule has 0 unspecified atom stereocenters. The first-order valence-corrected chi connectivity index (χ1v) is 9.75. The highest BCUT2D eigenvalue weighted by Crippen LogP contribution is 2.23. The molecule has 2 aromatic rings. The number of thiophene rings is 1. The second-order valence-electron chi connectivity index (χ2n) is 6.43. The molecule has 2 heterocycles. The number of likely N-dealkylation sites (tertiary alicyclic amines) is 1. The monoisotopic (exact) mass is 393 g/mol. The average molecular weight is 394 g/mol. The van der Waals surface area contributed by atoms with Crippen molar-refractivity contribution in [3.8, 4) is 0 Å². The van der Waals surface area contributed by atoms with E-state index < -0.39 is 10.8 Å². The molecule has 6 nitrogen and oxygen atoms in total. The Morgan fingerprint density at radius 1 is 1.35 bits per heavy atom. The number of piperidine rings is 1. The zero-order valence-corrected chi connectivity index (χ0v) is 15.8. The van der Waals surface area contributed by atoms with Crippen LogP contribution in [0.1, 0.15) is 28.1 Å². The van der Waals surface area contributed by atoms with Gasteiger partial charge in [-0.3, -0.25) is 19.8 Å². The molecule has 1 fully saturated rings. The molecule has 1 saturated heterocycles. The number of hydrogen-bond donors (Lipinski definition) is 1. The first kappa shape index (κ1) is 18.8. The minimum atomic E-state index is -0.561. The van der Waals surface area contributed by atoms with E-state index in [-0.39, 0.29) is 11.3 Å². The highest BCUT2D eigenvalue weighted by molar-refractivity contribution is 7.09. The van der Waals surface area contributed by atoms with Gasteiger partial charge in [0, 0.05) is 29.1 Å². The van der Waals surface area contributed by atoms with Crippen LogP contribution in [0.4, 0.5) is 5.69 Å². The Balaban J connectivity index is 1.50. The Morgan fingerprint density at radius 2 is 2.12 bits per heavy atom. The number of benzene rings is 1. The van der Waals surface area contributed by atoms with E-state index in [1.807, 2.05) is 0 Å². The van der Waals surface area contributed by atoms with Crippen LogP contribution in [0, 0.1) is 16.0 Å². The molecule has 1 aliphatic rings. The van der Waals surface area contributed by atoms with Gasteiger partial charge in [-0.05, 0) is 55.4 Å². The van der Waals surface area contributed by atoms with Crippen molar-refractivity contribution in [2.24, 2.45) is 5.92 Å². The maximum atomic E-state index is 12.4. The fourth-order valence-electron chi connectivity index (χ4n) is 3.15. The number of amides is 1. The molecule has 0 aliphatic carbocycles. The maximum absolute atomic E-state index is 12.4. The number of nitrogens with one attached hydrogen (secondary N) is 1. The number of nitro benzene ring substituents is 1. The molecule has 3 rings (SSSR count). The van der Waals surface area contributed by atoms with E-state index in [2.05, 4.69) is 27.7 Å². The van der Waals surface area contributed by atoms with Gasteiger partial charge in [0.1, 0.15) is 5.56 Å². The van der Waals surface area contributed by atoms with Gasteiger partial charge in [-0.1, -0.05) is 17.7 Å². The number of carbonyl (C=O) groups is 1. The number of rotatable bonds is 6. The molecule has 0 saturated carbocycles. The molecular formula is C18H20ClN3O3S. The summed E-state index contributed by atoms with van der Waals surface area (Å²) in [4.78, 5) is 26.7. The van der Waals surface area contributed by atoms with Crippen LogP contribution in [-0.2, 0) is 6.54 Å². The zero-order valence-electron chi connectivity index (χ0n) is 14.2. The summed E-state index contributed by atoms with van der Waals surface area (Å²) in [5.41, 5.74) is -0.213. The molecule has 1 aromatic carbocycles. The van der Waals surface area contributed by atoms with E-state index in [1.165, 1.54) is 23.1 Å². The Labute approximate surface area is 160 Å². The lowest BCUT2D eigenvalue weighted by Crippen LogP contribution is -2.38. The minimum Gasteiger partial charge on any atom is -0.352 e. The van der Waals surface area contributed by atoms with E-state index in [0.717, 1.165) is 32.5 Å². The van der Waals surface area contributed by atoms with Crippen molar-refractivity contribution in [2.45, 2.75) is 19.4 Å². The van der Waals surface area contributed by atoms with Gasteiger partial charge in [-0.15, -0.1) is 11.3 Å². The minimum absolute atomic E-state index is 0.0117. The summed E-state index contributed by atoms with van der Waals surface area (Å²) in [6.45, 7) is 3.49. The van der Waals surface area contributed by atoms with E-state index in [9.17, 15) is 14.9 Å². The van der Waals surface area contributed by atoms with Gasteiger partial charge in [0.25, 0.3) is 11.6 Å². The smallest absolute Gasteiger partial charge is 0.282 e. The summed E-state index contributed by atoms with van der Waals surface area (Å²) in [7, 11) is 0. The van der Waals surface area contributed by atoms with Gasteiger partial charge >= 0.3 is 0 Å². The Bertz CT molecular complexity index is 774. The molecule has 8 heteroatoms. The highest BCUT2D eigenvalue weighted by atomic mass is 35.5. The van der Waals surface area contributed by atoms with Gasteiger partial charge in [0.2, 0.25) is 0 Å². The van der Waals surface area contributed by atoms with Crippen molar-refractivity contribution >= 4 is 34.5 Å². The molecule has 1 aliphatic heterocycles. The maximum Gasteiger partial charge on any atom is 0.282 e. The van der Waals surface area contributed by atoms with Crippen LogP contribution in [0.5, 0.6) is 0 Å². The van der Waals surface area contributed by atoms with Crippen molar-refractivity contribution in [2.75, 3.05) is 19.6 Å². The Kier molecular flexibility index (Phi) is 6.24. The van der Waals surface area contributed by atoms with E-state index in [0.29, 0.717) is 17.5 Å². The van der Waals surface area contributed by atoms with Crippen molar-refractivity contribution in [1.82, 2.24) is 10.2 Å². The predicted octanol–water partition coefficient (Wildman–Crippen LogP) is 3.95. The van der Waals surface area contributed by atoms with Crippen molar-refractivity contribution in [1.29, 1.82) is 0 Å². The molecular weight excluding hydrogens is 374 g/mol. The highest BCUT2D eigenvalue weighted by Gasteiger charge is 2.23. The summed E-state index contributed by atoms with van der Waals surface area (Å²) in [5, 5.41) is 16.3. The third kappa shape index (κ3) is 4.81. The SMILES string of the molecule is O=C(NCC1CCN(Cc2cccs2)CC1)c1cc(Cl)ccc1[N+](=O)[O-]. The van der Waals surface area contributed by atoms with Gasteiger partial charge in [-0.2, -0.15) is 0 Å². The fraction of sp³-hybridized carbons (Fsp3) is 0.389. The summed E-state index contributed by atoms with van der Waals surface area (Å²) in [6.07, 6.45) is 2.01. The quantitative estimate of drug-likeness (QED) is 0.595. The zero-order chi connectivity index (χ0) is 18.5. The lowest BCUT2D eigenvalue weighted by Gasteiger charge is -2.31. The van der Waals surface area contributed by atoms with Crippen LogP contribution in [0.3, 0.4) is 0 Å². The van der Waals surface area contributed by atoms with Crippen LogP contribution in [0.15, 0.2) is 35.7 Å². The molecule has 0 spiro atoms. The third-order valence-electron chi connectivity index (χ3n) is 4.62. The van der Waals surface area contributed by atoms with Gasteiger partial charge < -0.3 is 5.32 Å². The lowest BCUT2D eigenvalue weighted by molar-refractivity contribution is -0.385. The summed E-state index contributed by atoms with van der Waals surface area (Å²) in [5.74, 6) is -0.0583. The number of nitrogens with zero attached hydrogens (tertiary/aromatic N) is 2. The van der Waals surface area contributed by atoms with Gasteiger partial charge in [-0.25, -0.2) is 0 Å². The molecule has 1 amide bonds. The van der Waals surface area contributed by atoms with Crippen molar-refractivity contribution < 1.29 is 9.72 Å². The van der Waals surface area contributed by atoms with Crippen LogP contribution >= 0.6 is 22.9 Å². The Morgan fingerprint density at radius 3 is 2.77 bits per heavy atom. The van der Waals surface area contributed by atoms with Crippen molar-refractivity contribution in [3.63, 3.8) is 0 Å². The topological polar surface area (TPSA) is 75.5 Å². The van der Waals surface area contributed by atoms with E-state index >= 15 is 0 Å². The Hall–Kier alpha value is -1.96. The normalized spacial score (nSPS) is 15.7. The van der Waals surface area contributed by atoms with Crippen LogP contribution in [0.2, 0.25) is 5.02 Å². The van der Waals surface area contributed by atoms with Crippen molar-refractivity contribution in [3.05, 3.63) is 61.3 Å². The molecule has 0 radical (unpaired) electrons. The van der Waals surface area contributed by atoms with Crippen LogP contribution in [-0.4, -0.2) is 35.4 Å². The third-order valence-corrected chi connectivity index (χ3v) is 5.71. The average Bonchev–Trinajstić information content (AvgIpc) is 3.13. The number of halogens is 1. The molecule has 138 valence electrons. The standard InChI is InChI=1S/C18H20ClN3O3S/c19-14-3-4-17(22(24)25)16(10-14)18(23)20-11-13-5-7-21(8-6-13)12-15-2-1-9-26-15/h1-4,9-10,13H,5-8,11-12H2,(H,20,23). The van der Waals surface area contributed by atoms with E-state index in [4.69, 9.17) is 11.6 Å². The predicted molar refractivity (Wildman–Crippen MR) is 103 cm³/mol. The fourth-order valence-corrected chi connectivity index (χ4v) is 4.07. The first-order valence-electron chi connectivity index (χ1n) is 8.50. The summed E-state index contributed by atoms with van der Waals surface area (Å²) < 4.78 is 0.